The molecule has 0 bridgehead atoms. The molecule has 0 aliphatic carbocycles. The third-order valence-electron chi connectivity index (χ3n) is 3.96. The first kappa shape index (κ1) is 16.3. The Morgan fingerprint density at radius 1 is 1.24 bits per heavy atom. The quantitative estimate of drug-likeness (QED) is 0.869. The molecule has 1 aliphatic heterocycles. The number of halogens is 3. The summed E-state index contributed by atoms with van der Waals surface area (Å²) in [7, 11) is 1.60. The molecule has 1 saturated heterocycles. The molecule has 6 heteroatoms. The first-order chi connectivity index (χ1) is 10.0. The van der Waals surface area contributed by atoms with Crippen molar-refractivity contribution < 1.29 is 17.9 Å². The van der Waals surface area contributed by atoms with Crippen molar-refractivity contribution in [1.29, 1.82) is 0 Å². The Hall–Kier alpha value is -1.11. The zero-order valence-electron chi connectivity index (χ0n) is 12.1. The summed E-state index contributed by atoms with van der Waals surface area (Å²) in [6.45, 7) is 1.91. The fourth-order valence-corrected chi connectivity index (χ4v) is 2.93. The number of nitrogens with two attached hydrogens (primary N) is 1. The van der Waals surface area contributed by atoms with Crippen molar-refractivity contribution in [1.82, 2.24) is 4.90 Å². The molecule has 0 amide bonds. The first-order valence-corrected chi connectivity index (χ1v) is 7.17. The van der Waals surface area contributed by atoms with Gasteiger partial charge in [-0.3, -0.25) is 4.90 Å². The monoisotopic (exact) mass is 302 g/mol. The molecule has 0 spiro atoms. The molecule has 118 valence electrons. The Labute approximate surface area is 122 Å². The summed E-state index contributed by atoms with van der Waals surface area (Å²) < 4.78 is 45.2. The summed E-state index contributed by atoms with van der Waals surface area (Å²) in [6.07, 6.45) is 2.71. The van der Waals surface area contributed by atoms with Gasteiger partial charge in [0.15, 0.2) is 17.5 Å². The molecule has 1 aliphatic rings. The summed E-state index contributed by atoms with van der Waals surface area (Å²) in [5, 5.41) is 0. The molecule has 1 aromatic rings. The summed E-state index contributed by atoms with van der Waals surface area (Å²) >= 11 is 0. The largest absolute Gasteiger partial charge is 0.383 e. The molecule has 1 fully saturated rings. The van der Waals surface area contributed by atoms with E-state index in [1.54, 1.807) is 7.11 Å². The lowest BCUT2D eigenvalue weighted by molar-refractivity contribution is 0.114. The average molecular weight is 302 g/mol. The van der Waals surface area contributed by atoms with Crippen molar-refractivity contribution in [3.8, 4) is 0 Å². The van der Waals surface area contributed by atoms with Gasteiger partial charge in [0.05, 0.1) is 12.6 Å². The van der Waals surface area contributed by atoms with Crippen LogP contribution in [0.2, 0.25) is 0 Å². The highest BCUT2D eigenvalue weighted by atomic mass is 19.2. The molecule has 0 saturated carbocycles. The van der Waals surface area contributed by atoms with Crippen molar-refractivity contribution in [2.24, 2.45) is 5.73 Å². The molecule has 0 radical (unpaired) electrons. The highest BCUT2D eigenvalue weighted by molar-refractivity contribution is 5.24. The minimum atomic E-state index is -1.44. The molecule has 2 atom stereocenters. The van der Waals surface area contributed by atoms with E-state index in [4.69, 9.17) is 10.5 Å². The van der Waals surface area contributed by atoms with E-state index in [1.807, 2.05) is 0 Å². The van der Waals surface area contributed by atoms with Crippen LogP contribution in [0.3, 0.4) is 0 Å². The SMILES string of the molecule is COCCN1CCCCC(N)C1c1cc(F)c(F)c(F)c1. The van der Waals surface area contributed by atoms with Gasteiger partial charge >= 0.3 is 0 Å². The van der Waals surface area contributed by atoms with E-state index in [9.17, 15) is 13.2 Å². The lowest BCUT2D eigenvalue weighted by atomic mass is 9.96. The maximum Gasteiger partial charge on any atom is 0.194 e. The van der Waals surface area contributed by atoms with Gasteiger partial charge in [-0.25, -0.2) is 13.2 Å². The van der Waals surface area contributed by atoms with Crippen LogP contribution in [0, 0.1) is 17.5 Å². The number of ether oxygens (including phenoxy) is 1. The van der Waals surface area contributed by atoms with Gasteiger partial charge in [-0.15, -0.1) is 0 Å². The lowest BCUT2D eigenvalue weighted by Gasteiger charge is -2.33. The predicted molar refractivity (Wildman–Crippen MR) is 74.3 cm³/mol. The van der Waals surface area contributed by atoms with Crippen LogP contribution in [0.4, 0.5) is 13.2 Å². The van der Waals surface area contributed by atoms with Crippen molar-refractivity contribution in [2.75, 3.05) is 26.8 Å². The fourth-order valence-electron chi connectivity index (χ4n) is 2.93. The van der Waals surface area contributed by atoms with Crippen LogP contribution in [0.25, 0.3) is 0 Å². The molecule has 1 heterocycles. The van der Waals surface area contributed by atoms with Gasteiger partial charge in [-0.2, -0.15) is 0 Å². The van der Waals surface area contributed by atoms with Crippen molar-refractivity contribution in [2.45, 2.75) is 31.3 Å². The highest BCUT2D eigenvalue weighted by Gasteiger charge is 2.30. The van der Waals surface area contributed by atoms with Gasteiger partial charge in [-0.05, 0) is 37.1 Å². The molecular weight excluding hydrogens is 281 g/mol. The van der Waals surface area contributed by atoms with E-state index < -0.39 is 17.5 Å². The Morgan fingerprint density at radius 3 is 2.52 bits per heavy atom. The number of methoxy groups -OCH3 is 1. The number of hydrogen-bond acceptors (Lipinski definition) is 3. The van der Waals surface area contributed by atoms with Crippen LogP contribution < -0.4 is 5.73 Å². The van der Waals surface area contributed by atoms with Crippen LogP contribution in [0.5, 0.6) is 0 Å². The fraction of sp³-hybridized carbons (Fsp3) is 0.600. The second-order valence-electron chi connectivity index (χ2n) is 5.43. The number of nitrogens with zero attached hydrogens (tertiary/aromatic N) is 1. The van der Waals surface area contributed by atoms with E-state index in [-0.39, 0.29) is 12.1 Å². The normalized spacial score (nSPS) is 24.0. The molecule has 21 heavy (non-hydrogen) atoms. The van der Waals surface area contributed by atoms with Crippen LogP contribution in [-0.4, -0.2) is 37.7 Å². The average Bonchev–Trinajstić information content (AvgIpc) is 2.63. The van der Waals surface area contributed by atoms with Crippen molar-refractivity contribution >= 4 is 0 Å². The van der Waals surface area contributed by atoms with E-state index in [1.165, 1.54) is 0 Å². The maximum absolute atomic E-state index is 13.5. The Morgan fingerprint density at radius 2 is 1.90 bits per heavy atom. The second kappa shape index (κ2) is 7.24. The molecular formula is C15H21F3N2O. The third kappa shape index (κ3) is 3.75. The Kier molecular flexibility index (Phi) is 5.61. The number of benzene rings is 1. The number of likely N-dealkylation sites (tertiary alicyclic amines) is 1. The minimum Gasteiger partial charge on any atom is -0.383 e. The molecule has 2 unspecified atom stereocenters. The zero-order chi connectivity index (χ0) is 15.4. The van der Waals surface area contributed by atoms with Crippen LogP contribution in [-0.2, 0) is 4.74 Å². The van der Waals surface area contributed by atoms with Crippen LogP contribution in [0.15, 0.2) is 12.1 Å². The lowest BCUT2D eigenvalue weighted by Crippen LogP contribution is -2.41. The molecule has 2 N–H and O–H groups in total. The summed E-state index contributed by atoms with van der Waals surface area (Å²) in [5.41, 5.74) is 6.58. The van der Waals surface area contributed by atoms with Gasteiger partial charge in [-0.1, -0.05) is 6.42 Å². The third-order valence-corrected chi connectivity index (χ3v) is 3.96. The highest BCUT2D eigenvalue weighted by Crippen LogP contribution is 2.31. The van der Waals surface area contributed by atoms with Gasteiger partial charge < -0.3 is 10.5 Å². The second-order valence-corrected chi connectivity index (χ2v) is 5.43. The van der Waals surface area contributed by atoms with E-state index >= 15 is 0 Å². The van der Waals surface area contributed by atoms with Crippen LogP contribution >= 0.6 is 0 Å². The smallest absolute Gasteiger partial charge is 0.194 e. The van der Waals surface area contributed by atoms with E-state index in [2.05, 4.69) is 4.90 Å². The topological polar surface area (TPSA) is 38.5 Å². The van der Waals surface area contributed by atoms with Gasteiger partial charge in [0.1, 0.15) is 0 Å². The predicted octanol–water partition coefficient (Wildman–Crippen LogP) is 2.60. The zero-order valence-corrected chi connectivity index (χ0v) is 12.1. The molecule has 0 aromatic heterocycles. The van der Waals surface area contributed by atoms with Crippen LogP contribution in [0.1, 0.15) is 30.9 Å². The Balaban J connectivity index is 2.34. The van der Waals surface area contributed by atoms with Gasteiger partial charge in [0, 0.05) is 19.7 Å². The van der Waals surface area contributed by atoms with E-state index in [0.717, 1.165) is 37.9 Å². The standard InChI is InChI=1S/C15H21F3N2O/c1-21-7-6-20-5-3-2-4-13(19)15(20)10-8-11(16)14(18)12(17)9-10/h8-9,13,15H,2-7,19H2,1H3. The maximum atomic E-state index is 13.5. The molecule has 2 rings (SSSR count). The summed E-state index contributed by atoms with van der Waals surface area (Å²) in [6, 6.07) is 1.53. The summed E-state index contributed by atoms with van der Waals surface area (Å²) in [5.74, 6) is -3.79. The summed E-state index contributed by atoms with van der Waals surface area (Å²) in [4.78, 5) is 2.06. The van der Waals surface area contributed by atoms with Crippen molar-refractivity contribution in [3.63, 3.8) is 0 Å². The van der Waals surface area contributed by atoms with E-state index in [0.29, 0.717) is 18.7 Å². The number of hydrogen-bond donors (Lipinski definition) is 1. The Bertz CT molecular complexity index is 461. The molecule has 1 aromatic carbocycles. The minimum absolute atomic E-state index is 0.242. The van der Waals surface area contributed by atoms with Gasteiger partial charge in [0.2, 0.25) is 0 Å². The van der Waals surface area contributed by atoms with Gasteiger partial charge in [0.25, 0.3) is 0 Å². The first-order valence-electron chi connectivity index (χ1n) is 7.17. The van der Waals surface area contributed by atoms with Crippen molar-refractivity contribution in [3.05, 3.63) is 35.1 Å². The molecule has 3 nitrogen and oxygen atoms in total. The number of rotatable bonds is 4.